The second-order valence-corrected chi connectivity index (χ2v) is 9.08. The van der Waals surface area contributed by atoms with Crippen LogP contribution in [0.3, 0.4) is 0 Å². The van der Waals surface area contributed by atoms with Crippen LogP contribution in [0.4, 0.5) is 29.3 Å². The van der Waals surface area contributed by atoms with Gasteiger partial charge in [-0.15, -0.1) is 0 Å². The number of nitrogens with zero attached hydrogens (tertiary/aromatic N) is 3. The molecule has 5 amide bonds. The number of benzene rings is 1. The second-order valence-electron chi connectivity index (χ2n) is 9.08. The molecule has 0 aliphatic carbocycles. The maximum absolute atomic E-state index is 13.2. The molecule has 5 rings (SSSR count). The molecule has 1 unspecified atom stereocenters. The van der Waals surface area contributed by atoms with Crippen LogP contribution in [0.25, 0.3) is 0 Å². The van der Waals surface area contributed by atoms with Crippen molar-refractivity contribution in [2.75, 3.05) is 23.9 Å². The number of ether oxygens (including phenoxy) is 1. The van der Waals surface area contributed by atoms with Crippen molar-refractivity contribution in [3.05, 3.63) is 52.8 Å². The lowest BCUT2D eigenvalue weighted by Gasteiger charge is -2.29. The first-order valence-electron chi connectivity index (χ1n) is 11.5. The lowest BCUT2D eigenvalue weighted by Crippen LogP contribution is -2.52. The Kier molecular flexibility index (Phi) is 6.10. The van der Waals surface area contributed by atoms with Gasteiger partial charge < -0.3 is 15.0 Å². The van der Waals surface area contributed by atoms with E-state index in [-0.39, 0.29) is 49.9 Å². The molecular formula is C24H22F3N5O5. The molecule has 13 heteroatoms. The predicted molar refractivity (Wildman–Crippen MR) is 123 cm³/mol. The summed E-state index contributed by atoms with van der Waals surface area (Å²) in [6.07, 6.45) is -3.04. The lowest BCUT2D eigenvalue weighted by molar-refractivity contribution is -0.141. The van der Waals surface area contributed by atoms with E-state index in [1.54, 1.807) is 12.1 Å². The van der Waals surface area contributed by atoms with Gasteiger partial charge in [0.25, 0.3) is 5.91 Å². The Hall–Kier alpha value is -4.00. The Bertz CT molecular complexity index is 1310. The van der Waals surface area contributed by atoms with E-state index in [0.717, 1.165) is 12.3 Å². The minimum Gasteiger partial charge on any atom is -0.383 e. The van der Waals surface area contributed by atoms with Gasteiger partial charge in [-0.25, -0.2) is 9.78 Å². The van der Waals surface area contributed by atoms with Gasteiger partial charge in [-0.2, -0.15) is 13.2 Å². The molecule has 2 N–H and O–H groups in total. The van der Waals surface area contributed by atoms with Gasteiger partial charge in [-0.1, -0.05) is 0 Å². The first-order chi connectivity index (χ1) is 17.6. The van der Waals surface area contributed by atoms with Gasteiger partial charge >= 0.3 is 12.2 Å². The summed E-state index contributed by atoms with van der Waals surface area (Å²) in [4.78, 5) is 56.0. The largest absolute Gasteiger partial charge is 0.433 e. The van der Waals surface area contributed by atoms with Crippen molar-refractivity contribution < 1.29 is 37.1 Å². The van der Waals surface area contributed by atoms with Crippen molar-refractivity contribution in [1.29, 1.82) is 0 Å². The summed E-state index contributed by atoms with van der Waals surface area (Å²) in [5.41, 5.74) is 0.904. The van der Waals surface area contributed by atoms with E-state index in [1.165, 1.54) is 23.0 Å². The lowest BCUT2D eigenvalue weighted by atomic mass is 10.0. The van der Waals surface area contributed by atoms with E-state index in [2.05, 4.69) is 15.6 Å². The highest BCUT2D eigenvalue weighted by Crippen LogP contribution is 2.37. The number of rotatable bonds is 4. The molecule has 37 heavy (non-hydrogen) atoms. The number of carbonyl (C=O) groups is 4. The average Bonchev–Trinajstić information content (AvgIpc) is 3.35. The molecule has 2 aromatic rings. The number of piperidine rings is 1. The molecular weight excluding hydrogens is 495 g/mol. The number of carbonyl (C=O) groups excluding carboxylic acids is 4. The van der Waals surface area contributed by atoms with Crippen LogP contribution in [0.15, 0.2) is 30.5 Å². The summed E-state index contributed by atoms with van der Waals surface area (Å²) in [6, 6.07) is 3.75. The molecule has 1 saturated heterocycles. The van der Waals surface area contributed by atoms with Gasteiger partial charge in [0.05, 0.1) is 24.5 Å². The fraction of sp³-hybridized carbons (Fsp3) is 0.375. The van der Waals surface area contributed by atoms with Crippen molar-refractivity contribution in [1.82, 2.24) is 15.2 Å². The number of hydrogen-bond acceptors (Lipinski definition) is 6. The molecule has 0 spiro atoms. The van der Waals surface area contributed by atoms with Gasteiger partial charge in [0, 0.05) is 31.3 Å². The SMILES string of the molecule is COC[C@@H]1Cc2cc(C(F)(F)F)ncc2N1C(=O)Nc1ccc2c(c1)CN(C1CCC(=O)NC1=O)C2=O. The fourth-order valence-electron chi connectivity index (χ4n) is 5.00. The molecule has 1 aromatic heterocycles. The monoisotopic (exact) mass is 517 g/mol. The minimum atomic E-state index is -4.61. The van der Waals surface area contributed by atoms with E-state index in [9.17, 15) is 32.3 Å². The first kappa shape index (κ1) is 24.7. The minimum absolute atomic E-state index is 0.100. The summed E-state index contributed by atoms with van der Waals surface area (Å²) >= 11 is 0. The standard InChI is InChI=1S/C24H22F3N5O5/c1-37-11-15-7-12-8-19(24(25,26)27)28-9-18(12)32(15)23(36)29-14-2-3-16-13(6-14)10-31(22(16)35)17-4-5-20(33)30-21(17)34/h2-3,6,8-9,15,17H,4-5,7,10-11H2,1H3,(H,29,36)(H,30,33,34)/t15-,17?/m0/s1. The zero-order chi connectivity index (χ0) is 26.5. The van der Waals surface area contributed by atoms with Crippen LogP contribution in [0, 0.1) is 0 Å². The molecule has 3 aliphatic heterocycles. The van der Waals surface area contributed by atoms with Crippen molar-refractivity contribution in [3.63, 3.8) is 0 Å². The number of hydrogen-bond donors (Lipinski definition) is 2. The Balaban J connectivity index is 1.35. The Morgan fingerprint density at radius 1 is 1.22 bits per heavy atom. The number of imide groups is 1. The zero-order valence-corrected chi connectivity index (χ0v) is 19.6. The van der Waals surface area contributed by atoms with Crippen molar-refractivity contribution in [3.8, 4) is 0 Å². The number of anilines is 2. The molecule has 194 valence electrons. The average molecular weight is 517 g/mol. The van der Waals surface area contributed by atoms with Crippen LogP contribution < -0.4 is 15.5 Å². The normalized spacial score (nSPS) is 21.1. The molecule has 1 aromatic carbocycles. The van der Waals surface area contributed by atoms with Crippen molar-refractivity contribution in [2.45, 2.75) is 44.1 Å². The molecule has 1 fully saturated rings. The Morgan fingerprint density at radius 3 is 2.70 bits per heavy atom. The highest BCUT2D eigenvalue weighted by molar-refractivity contribution is 6.07. The third-order valence-corrected chi connectivity index (χ3v) is 6.69. The first-order valence-corrected chi connectivity index (χ1v) is 11.5. The van der Waals surface area contributed by atoms with Crippen LogP contribution in [0.1, 0.15) is 40.0 Å². The quantitative estimate of drug-likeness (QED) is 0.602. The highest BCUT2D eigenvalue weighted by Gasteiger charge is 2.40. The smallest absolute Gasteiger partial charge is 0.383 e. The third-order valence-electron chi connectivity index (χ3n) is 6.69. The van der Waals surface area contributed by atoms with Gasteiger partial charge in [0.15, 0.2) is 0 Å². The van der Waals surface area contributed by atoms with E-state index < -0.39 is 35.9 Å². The summed E-state index contributed by atoms with van der Waals surface area (Å²) < 4.78 is 44.5. The van der Waals surface area contributed by atoms with Crippen LogP contribution in [0.2, 0.25) is 0 Å². The van der Waals surface area contributed by atoms with Gasteiger partial charge in [-0.3, -0.25) is 24.6 Å². The molecule has 2 atom stereocenters. The molecule has 0 bridgehead atoms. The van der Waals surface area contributed by atoms with E-state index >= 15 is 0 Å². The maximum Gasteiger partial charge on any atom is 0.433 e. The maximum atomic E-state index is 13.2. The number of halogens is 3. The summed E-state index contributed by atoms with van der Waals surface area (Å²) in [5, 5.41) is 4.98. The van der Waals surface area contributed by atoms with Gasteiger partial charge in [-0.05, 0) is 48.2 Å². The second kappa shape index (κ2) is 9.14. The third kappa shape index (κ3) is 4.50. The Labute approximate surface area is 208 Å². The number of urea groups is 1. The number of aromatic nitrogens is 1. The van der Waals surface area contributed by atoms with Crippen LogP contribution >= 0.6 is 0 Å². The highest BCUT2D eigenvalue weighted by atomic mass is 19.4. The molecule has 0 radical (unpaired) electrons. The van der Waals surface area contributed by atoms with Crippen LogP contribution in [-0.4, -0.2) is 59.4 Å². The number of pyridine rings is 1. The molecule has 0 saturated carbocycles. The number of nitrogens with one attached hydrogen (secondary N) is 2. The number of fused-ring (bicyclic) bond motifs is 2. The number of alkyl halides is 3. The van der Waals surface area contributed by atoms with Gasteiger partial charge in [0.1, 0.15) is 11.7 Å². The van der Waals surface area contributed by atoms with Crippen LogP contribution in [-0.2, 0) is 33.5 Å². The van der Waals surface area contributed by atoms with E-state index in [0.29, 0.717) is 22.4 Å². The van der Waals surface area contributed by atoms with Gasteiger partial charge in [0.2, 0.25) is 11.8 Å². The Morgan fingerprint density at radius 2 is 2.00 bits per heavy atom. The predicted octanol–water partition coefficient (Wildman–Crippen LogP) is 2.47. The summed E-state index contributed by atoms with van der Waals surface area (Å²) in [5.74, 6) is -1.25. The van der Waals surface area contributed by atoms with Crippen molar-refractivity contribution in [2.24, 2.45) is 0 Å². The topological polar surface area (TPSA) is 121 Å². The summed E-state index contributed by atoms with van der Waals surface area (Å²) in [7, 11) is 1.43. The fourth-order valence-corrected chi connectivity index (χ4v) is 5.00. The number of amides is 5. The van der Waals surface area contributed by atoms with Crippen molar-refractivity contribution >= 4 is 35.1 Å². The molecule has 3 aliphatic rings. The number of methoxy groups -OCH3 is 1. The molecule has 10 nitrogen and oxygen atoms in total. The van der Waals surface area contributed by atoms with E-state index in [1.807, 2.05) is 0 Å². The zero-order valence-electron chi connectivity index (χ0n) is 19.6. The van der Waals surface area contributed by atoms with E-state index in [4.69, 9.17) is 4.74 Å². The summed E-state index contributed by atoms with van der Waals surface area (Å²) in [6.45, 7) is 0.232. The molecule has 4 heterocycles. The van der Waals surface area contributed by atoms with Crippen LogP contribution in [0.5, 0.6) is 0 Å².